The number of nitrogens with two attached hydrogens (primary N) is 1. The molecule has 16 heavy (non-hydrogen) atoms. The molecule has 0 amide bonds. The number of Topliss-reactive ketones (excluding diaryl/α,β-unsaturated/α-hetero) is 1. The van der Waals surface area contributed by atoms with E-state index in [0.29, 0.717) is 14.9 Å². The Morgan fingerprint density at radius 3 is 2.69 bits per heavy atom. The van der Waals surface area contributed by atoms with Crippen LogP contribution in [-0.4, -0.2) is 16.0 Å². The van der Waals surface area contributed by atoms with Crippen molar-refractivity contribution < 1.29 is 4.79 Å². The van der Waals surface area contributed by atoms with E-state index >= 15 is 0 Å². The molecule has 1 aromatic heterocycles. The molecular formula is C10H9N3OS2. The van der Waals surface area contributed by atoms with Crippen molar-refractivity contribution in [1.82, 2.24) is 10.2 Å². The lowest BCUT2D eigenvalue weighted by Gasteiger charge is -1.96. The molecule has 0 bridgehead atoms. The van der Waals surface area contributed by atoms with E-state index in [2.05, 4.69) is 10.2 Å². The summed E-state index contributed by atoms with van der Waals surface area (Å²) >= 11 is 2.40. The van der Waals surface area contributed by atoms with Crippen LogP contribution in [0.2, 0.25) is 0 Å². The number of benzene rings is 1. The van der Waals surface area contributed by atoms with Gasteiger partial charge in [-0.15, -0.1) is 10.2 Å². The molecule has 0 aliphatic heterocycles. The van der Waals surface area contributed by atoms with E-state index in [-0.39, 0.29) is 12.2 Å². The Labute approximate surface area is 101 Å². The zero-order chi connectivity index (χ0) is 11.4. The van der Waals surface area contributed by atoms with E-state index < -0.39 is 0 Å². The summed E-state index contributed by atoms with van der Waals surface area (Å²) in [4.78, 5) is 11.8. The van der Waals surface area contributed by atoms with Crippen molar-refractivity contribution in [3.8, 4) is 0 Å². The van der Waals surface area contributed by atoms with E-state index in [0.717, 1.165) is 11.9 Å². The van der Waals surface area contributed by atoms with Gasteiger partial charge < -0.3 is 0 Å². The maximum absolute atomic E-state index is 11.8. The van der Waals surface area contributed by atoms with Crippen molar-refractivity contribution in [2.75, 3.05) is 0 Å². The minimum atomic E-state index is 0.0466. The first-order valence-corrected chi connectivity index (χ1v) is 6.26. The van der Waals surface area contributed by atoms with Gasteiger partial charge in [-0.05, 0) is 11.9 Å². The highest BCUT2D eigenvalue weighted by Gasteiger charge is 2.10. The number of nitrogens with zero attached hydrogens (tertiary/aromatic N) is 2. The molecule has 2 rings (SSSR count). The molecule has 0 aliphatic carbocycles. The smallest absolute Gasteiger partial charge is 0.189 e. The van der Waals surface area contributed by atoms with E-state index in [9.17, 15) is 4.79 Å². The van der Waals surface area contributed by atoms with Crippen LogP contribution in [0.4, 0.5) is 0 Å². The van der Waals surface area contributed by atoms with Gasteiger partial charge in [0.25, 0.3) is 0 Å². The van der Waals surface area contributed by atoms with E-state index in [1.807, 2.05) is 18.2 Å². The molecular weight excluding hydrogens is 242 g/mol. The number of rotatable bonds is 4. The standard InChI is InChI=1S/C10H9N3OS2/c11-16-10-13-12-9(15-10)6-8(14)7-4-2-1-3-5-7/h1-5H,6,11H2. The lowest BCUT2D eigenvalue weighted by atomic mass is 10.1. The summed E-state index contributed by atoms with van der Waals surface area (Å²) < 4.78 is 0.677. The summed E-state index contributed by atoms with van der Waals surface area (Å²) in [5, 5.41) is 13.8. The second-order valence-corrected chi connectivity index (χ2v) is 4.99. The van der Waals surface area contributed by atoms with Gasteiger partial charge in [0.1, 0.15) is 5.01 Å². The number of hydrogen-bond donors (Lipinski definition) is 1. The van der Waals surface area contributed by atoms with E-state index in [1.165, 1.54) is 11.3 Å². The normalized spacial score (nSPS) is 10.3. The fourth-order valence-electron chi connectivity index (χ4n) is 1.22. The van der Waals surface area contributed by atoms with Crippen LogP contribution in [0.1, 0.15) is 15.4 Å². The monoisotopic (exact) mass is 251 g/mol. The van der Waals surface area contributed by atoms with Crippen molar-refractivity contribution in [2.24, 2.45) is 5.14 Å². The predicted molar refractivity (Wildman–Crippen MR) is 64.4 cm³/mol. The zero-order valence-electron chi connectivity index (χ0n) is 8.29. The van der Waals surface area contributed by atoms with Crippen LogP contribution in [0.3, 0.4) is 0 Å². The summed E-state index contributed by atoms with van der Waals surface area (Å²) in [6, 6.07) is 9.15. The Kier molecular flexibility index (Phi) is 3.66. The first-order valence-electron chi connectivity index (χ1n) is 4.57. The molecule has 0 atom stereocenters. The number of ketones is 1. The molecule has 0 saturated heterocycles. The average molecular weight is 251 g/mol. The van der Waals surface area contributed by atoms with E-state index in [1.54, 1.807) is 12.1 Å². The SMILES string of the molecule is NSc1nnc(CC(=O)c2ccccc2)s1. The Balaban J connectivity index is 2.08. The van der Waals surface area contributed by atoms with Gasteiger partial charge in [-0.3, -0.25) is 9.93 Å². The van der Waals surface area contributed by atoms with Crippen molar-refractivity contribution in [3.63, 3.8) is 0 Å². The maximum atomic E-state index is 11.8. The van der Waals surface area contributed by atoms with Gasteiger partial charge in [-0.25, -0.2) is 0 Å². The number of hydrogen-bond acceptors (Lipinski definition) is 6. The lowest BCUT2D eigenvalue weighted by molar-refractivity contribution is 0.0992. The zero-order valence-corrected chi connectivity index (χ0v) is 9.92. The van der Waals surface area contributed by atoms with Crippen molar-refractivity contribution in [2.45, 2.75) is 10.8 Å². The largest absolute Gasteiger partial charge is 0.294 e. The summed E-state index contributed by atoms with van der Waals surface area (Å²) in [6.07, 6.45) is 0.280. The number of carbonyl (C=O) groups is 1. The van der Waals surface area contributed by atoms with Gasteiger partial charge in [0.05, 0.1) is 6.42 Å². The summed E-state index contributed by atoms with van der Waals surface area (Å²) in [5.74, 6) is 0.0466. The molecule has 2 aromatic rings. The second kappa shape index (κ2) is 5.20. The first kappa shape index (κ1) is 11.3. The molecule has 6 heteroatoms. The van der Waals surface area contributed by atoms with E-state index in [4.69, 9.17) is 5.14 Å². The third-order valence-electron chi connectivity index (χ3n) is 1.96. The van der Waals surface area contributed by atoms with Crippen LogP contribution in [0.15, 0.2) is 34.7 Å². The topological polar surface area (TPSA) is 68.9 Å². The Bertz CT molecular complexity index is 484. The summed E-state index contributed by atoms with van der Waals surface area (Å²) in [7, 11) is 0. The Hall–Kier alpha value is -1.24. The van der Waals surface area contributed by atoms with Gasteiger partial charge in [-0.1, -0.05) is 41.7 Å². The first-order chi connectivity index (χ1) is 7.79. The molecule has 0 unspecified atom stereocenters. The van der Waals surface area contributed by atoms with Crippen LogP contribution in [0.5, 0.6) is 0 Å². The highest BCUT2D eigenvalue weighted by molar-refractivity contribution is 7.98. The Morgan fingerprint density at radius 2 is 2.06 bits per heavy atom. The minimum Gasteiger partial charge on any atom is -0.294 e. The molecule has 0 radical (unpaired) electrons. The quantitative estimate of drug-likeness (QED) is 0.664. The molecule has 0 spiro atoms. The maximum Gasteiger partial charge on any atom is 0.189 e. The van der Waals surface area contributed by atoms with Gasteiger partial charge in [-0.2, -0.15) is 0 Å². The summed E-state index contributed by atoms with van der Waals surface area (Å²) in [5.41, 5.74) is 0.694. The van der Waals surface area contributed by atoms with Crippen molar-refractivity contribution in [3.05, 3.63) is 40.9 Å². The third-order valence-corrected chi connectivity index (χ3v) is 3.50. The fraction of sp³-hybridized carbons (Fsp3) is 0.100. The highest BCUT2D eigenvalue weighted by Crippen LogP contribution is 2.18. The van der Waals surface area contributed by atoms with Crippen LogP contribution >= 0.6 is 23.3 Å². The van der Waals surface area contributed by atoms with Crippen LogP contribution < -0.4 is 5.14 Å². The fourth-order valence-corrected chi connectivity index (χ4v) is 2.36. The van der Waals surface area contributed by atoms with Crippen molar-refractivity contribution in [1.29, 1.82) is 0 Å². The second-order valence-electron chi connectivity index (χ2n) is 3.05. The molecule has 2 N–H and O–H groups in total. The molecule has 0 saturated carbocycles. The molecule has 0 fully saturated rings. The molecule has 82 valence electrons. The van der Waals surface area contributed by atoms with Gasteiger partial charge >= 0.3 is 0 Å². The highest BCUT2D eigenvalue weighted by atomic mass is 32.2. The number of aromatic nitrogens is 2. The minimum absolute atomic E-state index is 0.0466. The molecule has 4 nitrogen and oxygen atoms in total. The van der Waals surface area contributed by atoms with Gasteiger partial charge in [0, 0.05) is 5.56 Å². The Morgan fingerprint density at radius 1 is 1.31 bits per heavy atom. The van der Waals surface area contributed by atoms with Crippen LogP contribution in [0.25, 0.3) is 0 Å². The van der Waals surface area contributed by atoms with Crippen LogP contribution in [0, 0.1) is 0 Å². The lowest BCUT2D eigenvalue weighted by Crippen LogP contribution is -2.02. The third kappa shape index (κ3) is 2.66. The molecule has 0 aliphatic rings. The summed E-state index contributed by atoms with van der Waals surface area (Å²) in [6.45, 7) is 0. The van der Waals surface area contributed by atoms with Crippen LogP contribution in [-0.2, 0) is 6.42 Å². The molecule has 1 heterocycles. The van der Waals surface area contributed by atoms with Gasteiger partial charge in [0.15, 0.2) is 10.1 Å². The van der Waals surface area contributed by atoms with Crippen molar-refractivity contribution >= 4 is 29.1 Å². The predicted octanol–water partition coefficient (Wildman–Crippen LogP) is 1.93. The average Bonchev–Trinajstić information content (AvgIpc) is 2.78. The van der Waals surface area contributed by atoms with Gasteiger partial charge in [0.2, 0.25) is 0 Å². The molecule has 1 aromatic carbocycles. The number of carbonyl (C=O) groups excluding carboxylic acids is 1.